The molecule has 0 unspecified atom stereocenters. The molecule has 0 aromatic heterocycles. The van der Waals surface area contributed by atoms with Crippen LogP contribution in [0.4, 0.5) is 0 Å². The Labute approximate surface area is 113 Å². The maximum Gasteiger partial charge on any atom is 0.185 e. The highest BCUT2D eigenvalue weighted by atomic mass is 16.1. The summed E-state index contributed by atoms with van der Waals surface area (Å²) in [5, 5.41) is 0. The summed E-state index contributed by atoms with van der Waals surface area (Å²) in [6.45, 7) is 1.99. The molecule has 1 heteroatoms. The summed E-state index contributed by atoms with van der Waals surface area (Å²) in [7, 11) is 0. The van der Waals surface area contributed by atoms with Crippen LogP contribution in [-0.4, -0.2) is 5.78 Å². The Balaban J connectivity index is 2.07. The first-order valence-electron chi connectivity index (χ1n) is 6.26. The molecule has 2 aromatic carbocycles. The first-order valence-corrected chi connectivity index (χ1v) is 6.26. The molecule has 0 aliphatic carbocycles. The summed E-state index contributed by atoms with van der Waals surface area (Å²) >= 11 is 0. The smallest absolute Gasteiger partial charge is 0.185 e. The minimum absolute atomic E-state index is 0.0291. The third-order valence-corrected chi connectivity index (χ3v) is 2.75. The standard InChI is InChI=1S/C18H16O/c1-15(14-16-8-4-2-5-9-16)12-13-18(19)17-10-6-3-7-11-17/h2-14H,1H3. The van der Waals surface area contributed by atoms with E-state index in [9.17, 15) is 4.79 Å². The van der Waals surface area contributed by atoms with E-state index >= 15 is 0 Å². The van der Waals surface area contributed by atoms with Crippen molar-refractivity contribution in [1.82, 2.24) is 0 Å². The first kappa shape index (κ1) is 13.0. The van der Waals surface area contributed by atoms with Crippen LogP contribution in [0.15, 0.2) is 78.4 Å². The molecule has 0 saturated heterocycles. The van der Waals surface area contributed by atoms with Crippen LogP contribution in [-0.2, 0) is 0 Å². The molecule has 0 saturated carbocycles. The van der Waals surface area contributed by atoms with Gasteiger partial charge in [-0.05, 0) is 18.6 Å². The van der Waals surface area contributed by atoms with Crippen LogP contribution in [0.1, 0.15) is 22.8 Å². The third-order valence-electron chi connectivity index (χ3n) is 2.75. The number of ketones is 1. The molecule has 0 spiro atoms. The molecule has 94 valence electrons. The zero-order chi connectivity index (χ0) is 13.5. The average molecular weight is 248 g/mol. The van der Waals surface area contributed by atoms with Gasteiger partial charge in [0.1, 0.15) is 0 Å². The van der Waals surface area contributed by atoms with Gasteiger partial charge in [-0.25, -0.2) is 0 Å². The van der Waals surface area contributed by atoms with E-state index < -0.39 is 0 Å². The molecule has 0 N–H and O–H groups in total. The molecule has 0 radical (unpaired) electrons. The second kappa shape index (κ2) is 6.50. The van der Waals surface area contributed by atoms with Crippen LogP contribution < -0.4 is 0 Å². The number of benzene rings is 2. The maximum absolute atomic E-state index is 11.9. The second-order valence-corrected chi connectivity index (χ2v) is 4.36. The van der Waals surface area contributed by atoms with E-state index in [0.717, 1.165) is 11.1 Å². The number of carbonyl (C=O) groups is 1. The van der Waals surface area contributed by atoms with Crippen LogP contribution >= 0.6 is 0 Å². The van der Waals surface area contributed by atoms with E-state index in [1.807, 2.05) is 73.7 Å². The molecule has 2 aromatic rings. The highest BCUT2D eigenvalue weighted by Crippen LogP contribution is 2.08. The van der Waals surface area contributed by atoms with E-state index in [1.165, 1.54) is 0 Å². The number of carbonyl (C=O) groups excluding carboxylic acids is 1. The first-order chi connectivity index (χ1) is 9.25. The van der Waals surface area contributed by atoms with Gasteiger partial charge in [0.25, 0.3) is 0 Å². The lowest BCUT2D eigenvalue weighted by Crippen LogP contribution is -1.92. The molecule has 0 atom stereocenters. The summed E-state index contributed by atoms with van der Waals surface area (Å²) in [4.78, 5) is 11.9. The fraction of sp³-hybridized carbons (Fsp3) is 0.0556. The Morgan fingerprint density at radius 3 is 2.05 bits per heavy atom. The van der Waals surface area contributed by atoms with Gasteiger partial charge in [0.05, 0.1) is 0 Å². The molecule has 1 nitrogen and oxygen atoms in total. The van der Waals surface area contributed by atoms with Gasteiger partial charge in [-0.15, -0.1) is 0 Å². The number of allylic oxidation sites excluding steroid dienone is 3. The SMILES string of the molecule is CC(C=CC(=O)c1ccccc1)=Cc1ccccc1. The van der Waals surface area contributed by atoms with E-state index in [2.05, 4.69) is 6.08 Å². The van der Waals surface area contributed by atoms with Gasteiger partial charge in [-0.3, -0.25) is 4.79 Å². The van der Waals surface area contributed by atoms with Crippen LogP contribution in [0.5, 0.6) is 0 Å². The lowest BCUT2D eigenvalue weighted by Gasteiger charge is -1.96. The quantitative estimate of drug-likeness (QED) is 0.441. The van der Waals surface area contributed by atoms with Gasteiger partial charge in [-0.1, -0.05) is 78.4 Å². The van der Waals surface area contributed by atoms with Gasteiger partial charge in [0, 0.05) is 5.56 Å². The molecule has 0 aliphatic heterocycles. The summed E-state index contributed by atoms with van der Waals surface area (Å²) in [6, 6.07) is 19.3. The molecule has 0 amide bonds. The largest absolute Gasteiger partial charge is 0.289 e. The van der Waals surface area contributed by atoms with Crippen molar-refractivity contribution < 1.29 is 4.79 Å². The summed E-state index contributed by atoms with van der Waals surface area (Å²) in [5.41, 5.74) is 2.90. The van der Waals surface area contributed by atoms with Crippen molar-refractivity contribution in [2.75, 3.05) is 0 Å². The van der Waals surface area contributed by atoms with Crippen molar-refractivity contribution in [1.29, 1.82) is 0 Å². The molecule has 0 heterocycles. The van der Waals surface area contributed by atoms with Gasteiger partial charge in [-0.2, -0.15) is 0 Å². The van der Waals surface area contributed by atoms with Crippen molar-refractivity contribution in [3.63, 3.8) is 0 Å². The fourth-order valence-electron chi connectivity index (χ4n) is 1.77. The summed E-state index contributed by atoms with van der Waals surface area (Å²) < 4.78 is 0. The van der Waals surface area contributed by atoms with E-state index in [1.54, 1.807) is 6.08 Å². The Bertz CT molecular complexity index is 592. The lowest BCUT2D eigenvalue weighted by atomic mass is 10.1. The van der Waals surface area contributed by atoms with E-state index in [0.29, 0.717) is 5.56 Å². The number of hydrogen-bond acceptors (Lipinski definition) is 1. The molecule has 2 rings (SSSR count). The van der Waals surface area contributed by atoms with Crippen molar-refractivity contribution in [2.24, 2.45) is 0 Å². The lowest BCUT2D eigenvalue weighted by molar-refractivity contribution is 0.104. The molecule has 0 bridgehead atoms. The summed E-state index contributed by atoms with van der Waals surface area (Å²) in [6.07, 6.45) is 5.52. The van der Waals surface area contributed by atoms with Crippen molar-refractivity contribution in [2.45, 2.75) is 6.92 Å². The fourth-order valence-corrected chi connectivity index (χ4v) is 1.77. The minimum Gasteiger partial charge on any atom is -0.289 e. The number of rotatable bonds is 4. The Morgan fingerprint density at radius 2 is 1.42 bits per heavy atom. The normalized spacial score (nSPS) is 11.7. The second-order valence-electron chi connectivity index (χ2n) is 4.36. The molecule has 0 fully saturated rings. The van der Waals surface area contributed by atoms with Crippen LogP contribution in [0, 0.1) is 0 Å². The molecule has 0 aliphatic rings. The van der Waals surface area contributed by atoms with E-state index in [4.69, 9.17) is 0 Å². The van der Waals surface area contributed by atoms with Gasteiger partial charge in [0.2, 0.25) is 0 Å². The Kier molecular flexibility index (Phi) is 4.46. The zero-order valence-electron chi connectivity index (χ0n) is 10.9. The maximum atomic E-state index is 11.9. The summed E-state index contributed by atoms with van der Waals surface area (Å²) in [5.74, 6) is 0.0291. The van der Waals surface area contributed by atoms with Crippen molar-refractivity contribution in [3.8, 4) is 0 Å². The van der Waals surface area contributed by atoms with Crippen molar-refractivity contribution in [3.05, 3.63) is 89.5 Å². The van der Waals surface area contributed by atoms with Crippen LogP contribution in [0.25, 0.3) is 6.08 Å². The van der Waals surface area contributed by atoms with Crippen LogP contribution in [0.3, 0.4) is 0 Å². The zero-order valence-corrected chi connectivity index (χ0v) is 10.9. The average Bonchev–Trinajstić information content (AvgIpc) is 2.47. The molecule has 19 heavy (non-hydrogen) atoms. The highest BCUT2D eigenvalue weighted by molar-refractivity contribution is 6.04. The Morgan fingerprint density at radius 1 is 0.842 bits per heavy atom. The molecular weight excluding hydrogens is 232 g/mol. The molecular formula is C18H16O. The highest BCUT2D eigenvalue weighted by Gasteiger charge is 1.98. The Hall–Kier alpha value is -2.41. The van der Waals surface area contributed by atoms with E-state index in [-0.39, 0.29) is 5.78 Å². The monoisotopic (exact) mass is 248 g/mol. The van der Waals surface area contributed by atoms with Crippen molar-refractivity contribution >= 4 is 11.9 Å². The van der Waals surface area contributed by atoms with Gasteiger partial charge >= 0.3 is 0 Å². The van der Waals surface area contributed by atoms with Gasteiger partial charge < -0.3 is 0 Å². The van der Waals surface area contributed by atoms with Crippen LogP contribution in [0.2, 0.25) is 0 Å². The number of hydrogen-bond donors (Lipinski definition) is 0. The predicted octanol–water partition coefficient (Wildman–Crippen LogP) is 4.53. The minimum atomic E-state index is 0.0291. The predicted molar refractivity (Wildman–Crippen MR) is 80.0 cm³/mol. The topological polar surface area (TPSA) is 17.1 Å². The van der Waals surface area contributed by atoms with Gasteiger partial charge in [0.15, 0.2) is 5.78 Å². The third kappa shape index (κ3) is 4.07.